The van der Waals surface area contributed by atoms with Crippen LogP contribution in [0.3, 0.4) is 0 Å². The molecule has 0 aromatic heterocycles. The van der Waals surface area contributed by atoms with Crippen LogP contribution in [0.25, 0.3) is 0 Å². The van der Waals surface area contributed by atoms with E-state index in [1.807, 2.05) is 0 Å². The van der Waals surface area contributed by atoms with E-state index < -0.39 is 30.8 Å². The Kier molecular flexibility index (Phi) is 7.47. The molecule has 0 aliphatic heterocycles. The van der Waals surface area contributed by atoms with Gasteiger partial charge in [0.25, 0.3) is 5.91 Å². The van der Waals surface area contributed by atoms with Gasteiger partial charge < -0.3 is 14.8 Å². The van der Waals surface area contributed by atoms with E-state index in [2.05, 4.69) is 5.32 Å². The van der Waals surface area contributed by atoms with E-state index in [0.717, 1.165) is 0 Å². The Morgan fingerprint density at radius 1 is 1.00 bits per heavy atom. The first kappa shape index (κ1) is 21.0. The number of ether oxygens (including phenoxy) is 2. The highest BCUT2D eigenvalue weighted by atomic mass is 35.5. The summed E-state index contributed by atoms with van der Waals surface area (Å²) in [4.78, 5) is 35.8. The molecule has 27 heavy (non-hydrogen) atoms. The Bertz CT molecular complexity index is 885. The number of ketones is 1. The van der Waals surface area contributed by atoms with Crippen molar-refractivity contribution in [2.75, 3.05) is 20.3 Å². The third-order valence-corrected chi connectivity index (χ3v) is 4.25. The molecule has 6 nitrogen and oxygen atoms in total. The largest absolute Gasteiger partial charge is 0.495 e. The molecule has 0 radical (unpaired) electrons. The Morgan fingerprint density at radius 2 is 1.74 bits per heavy atom. The van der Waals surface area contributed by atoms with Crippen molar-refractivity contribution in [3.8, 4) is 5.75 Å². The second-order valence-electron chi connectivity index (χ2n) is 5.24. The molecule has 1 amide bonds. The van der Waals surface area contributed by atoms with Crippen molar-refractivity contribution in [1.82, 2.24) is 5.32 Å². The fourth-order valence-corrected chi connectivity index (χ4v) is 2.79. The number of benzene rings is 2. The predicted molar refractivity (Wildman–Crippen MR) is 102 cm³/mol. The molecule has 0 fully saturated rings. The van der Waals surface area contributed by atoms with Crippen molar-refractivity contribution in [1.29, 1.82) is 0 Å². The minimum atomic E-state index is -0.776. The molecule has 0 atom stereocenters. The zero-order valence-corrected chi connectivity index (χ0v) is 16.3. The second kappa shape index (κ2) is 9.60. The maximum atomic E-state index is 12.0. The number of halogens is 3. The van der Waals surface area contributed by atoms with Crippen LogP contribution in [-0.2, 0) is 9.53 Å². The minimum Gasteiger partial charge on any atom is -0.495 e. The molecule has 1 N–H and O–H groups in total. The van der Waals surface area contributed by atoms with Crippen molar-refractivity contribution >= 4 is 52.5 Å². The molecule has 0 aliphatic rings. The highest BCUT2D eigenvalue weighted by molar-refractivity contribution is 6.36. The van der Waals surface area contributed by atoms with Crippen molar-refractivity contribution in [2.24, 2.45) is 0 Å². The number of carbonyl (C=O) groups excluding carboxylic acids is 3. The molecular weight excluding hydrogens is 417 g/mol. The summed E-state index contributed by atoms with van der Waals surface area (Å²) < 4.78 is 9.86. The van der Waals surface area contributed by atoms with Crippen LogP contribution < -0.4 is 10.1 Å². The smallest absolute Gasteiger partial charge is 0.325 e. The lowest BCUT2D eigenvalue weighted by Gasteiger charge is -2.08. The quantitative estimate of drug-likeness (QED) is 0.533. The molecule has 2 rings (SSSR count). The highest BCUT2D eigenvalue weighted by Gasteiger charge is 2.15. The van der Waals surface area contributed by atoms with Gasteiger partial charge in [-0.15, -0.1) is 0 Å². The maximum Gasteiger partial charge on any atom is 0.325 e. The number of methoxy groups -OCH3 is 1. The van der Waals surface area contributed by atoms with Gasteiger partial charge in [-0.1, -0.05) is 34.8 Å². The van der Waals surface area contributed by atoms with E-state index in [4.69, 9.17) is 44.3 Å². The van der Waals surface area contributed by atoms with Gasteiger partial charge in [-0.05, 0) is 36.4 Å². The lowest BCUT2D eigenvalue weighted by molar-refractivity contribution is -0.141. The number of hydrogen-bond donors (Lipinski definition) is 1. The second-order valence-corrected chi connectivity index (χ2v) is 6.49. The minimum absolute atomic E-state index is 0.153. The van der Waals surface area contributed by atoms with Gasteiger partial charge in [0.05, 0.1) is 22.7 Å². The predicted octanol–water partition coefficient (Wildman–Crippen LogP) is 3.81. The van der Waals surface area contributed by atoms with Crippen LogP contribution in [-0.4, -0.2) is 37.9 Å². The first-order valence-corrected chi connectivity index (χ1v) is 8.71. The lowest BCUT2D eigenvalue weighted by Crippen LogP contribution is -2.31. The zero-order valence-electron chi connectivity index (χ0n) is 14.1. The van der Waals surface area contributed by atoms with Crippen molar-refractivity contribution < 1.29 is 23.9 Å². The number of amides is 1. The van der Waals surface area contributed by atoms with Crippen molar-refractivity contribution in [3.63, 3.8) is 0 Å². The molecule has 0 saturated heterocycles. The Balaban J connectivity index is 1.84. The maximum absolute atomic E-state index is 12.0. The Morgan fingerprint density at radius 3 is 2.37 bits per heavy atom. The number of hydrogen-bond acceptors (Lipinski definition) is 5. The summed E-state index contributed by atoms with van der Waals surface area (Å²) in [7, 11) is 1.45. The molecule has 2 aromatic rings. The summed E-state index contributed by atoms with van der Waals surface area (Å²) in [6.45, 7) is -0.909. The SMILES string of the molecule is COc1ccc(C(=O)COC(=O)CNC(=O)c2ccc(Cl)cc2Cl)cc1Cl. The molecule has 2 aromatic carbocycles. The summed E-state index contributed by atoms with van der Waals surface area (Å²) in [6, 6.07) is 8.80. The standard InChI is InChI=1S/C18H14Cl3NO5/c1-26-16-5-2-10(6-14(16)21)15(23)9-27-17(24)8-22-18(25)12-4-3-11(19)7-13(12)20/h2-7H,8-9H2,1H3,(H,22,25). The van der Waals surface area contributed by atoms with Crippen LogP contribution >= 0.6 is 34.8 Å². The van der Waals surface area contributed by atoms with Crippen molar-refractivity contribution in [3.05, 3.63) is 62.6 Å². The van der Waals surface area contributed by atoms with Gasteiger partial charge in [-0.3, -0.25) is 14.4 Å². The molecule has 0 bridgehead atoms. The number of nitrogens with one attached hydrogen (secondary N) is 1. The van der Waals surface area contributed by atoms with Gasteiger partial charge in [0.2, 0.25) is 0 Å². The highest BCUT2D eigenvalue weighted by Crippen LogP contribution is 2.25. The van der Waals surface area contributed by atoms with E-state index in [1.165, 1.54) is 43.5 Å². The number of rotatable bonds is 7. The molecule has 142 valence electrons. The fraction of sp³-hybridized carbons (Fsp3) is 0.167. The summed E-state index contributed by atoms with van der Waals surface area (Å²) >= 11 is 17.6. The molecular formula is C18H14Cl3NO5. The molecule has 9 heteroatoms. The Hall–Kier alpha value is -2.28. The molecule has 0 aliphatic carbocycles. The topological polar surface area (TPSA) is 81.7 Å². The van der Waals surface area contributed by atoms with E-state index in [1.54, 1.807) is 0 Å². The summed E-state index contributed by atoms with van der Waals surface area (Å²) in [5.41, 5.74) is 0.434. The fourth-order valence-electron chi connectivity index (χ4n) is 2.04. The van der Waals surface area contributed by atoms with Gasteiger partial charge in [-0.2, -0.15) is 0 Å². The normalized spacial score (nSPS) is 10.2. The number of esters is 1. The van der Waals surface area contributed by atoms with E-state index in [0.29, 0.717) is 10.8 Å². The monoisotopic (exact) mass is 429 g/mol. The van der Waals surface area contributed by atoms with Gasteiger partial charge in [0.15, 0.2) is 12.4 Å². The lowest BCUT2D eigenvalue weighted by atomic mass is 10.1. The van der Waals surface area contributed by atoms with Gasteiger partial charge in [0.1, 0.15) is 12.3 Å². The molecule has 0 unspecified atom stereocenters. The van der Waals surface area contributed by atoms with Gasteiger partial charge >= 0.3 is 5.97 Å². The third-order valence-electron chi connectivity index (χ3n) is 3.41. The van der Waals surface area contributed by atoms with E-state index in [9.17, 15) is 14.4 Å². The van der Waals surface area contributed by atoms with Crippen molar-refractivity contribution in [2.45, 2.75) is 0 Å². The molecule has 0 saturated carbocycles. The number of Topliss-reactive ketones (excluding diaryl/α,β-unsaturated/α-hetero) is 1. The molecule has 0 spiro atoms. The first-order valence-electron chi connectivity index (χ1n) is 7.57. The Labute approximate surface area is 170 Å². The molecule has 0 heterocycles. The van der Waals surface area contributed by atoms with Gasteiger partial charge in [-0.25, -0.2) is 0 Å². The van der Waals surface area contributed by atoms with Crippen LogP contribution in [0.1, 0.15) is 20.7 Å². The average Bonchev–Trinajstić information content (AvgIpc) is 2.64. The van der Waals surface area contributed by atoms with Crippen LogP contribution in [0.15, 0.2) is 36.4 Å². The summed E-state index contributed by atoms with van der Waals surface area (Å²) in [5, 5.41) is 3.16. The zero-order chi connectivity index (χ0) is 20.0. The van der Waals surface area contributed by atoms with E-state index >= 15 is 0 Å². The third kappa shape index (κ3) is 5.85. The first-order chi connectivity index (χ1) is 12.8. The summed E-state index contributed by atoms with van der Waals surface area (Å²) in [5.74, 6) is -1.36. The van der Waals surface area contributed by atoms with Crippen LogP contribution in [0, 0.1) is 0 Å². The summed E-state index contributed by atoms with van der Waals surface area (Å²) in [6.07, 6.45) is 0. The van der Waals surface area contributed by atoms with Crippen LogP contribution in [0.4, 0.5) is 0 Å². The average molecular weight is 431 g/mol. The van der Waals surface area contributed by atoms with Crippen LogP contribution in [0.5, 0.6) is 5.75 Å². The van der Waals surface area contributed by atoms with Crippen LogP contribution in [0.2, 0.25) is 15.1 Å². The number of carbonyl (C=O) groups is 3. The van der Waals surface area contributed by atoms with Gasteiger partial charge in [0, 0.05) is 10.6 Å². The van der Waals surface area contributed by atoms with E-state index in [-0.39, 0.29) is 21.2 Å².